The van der Waals surface area contributed by atoms with Crippen LogP contribution in [-0.4, -0.2) is 59.2 Å². The maximum atomic E-state index is 13.2. The van der Waals surface area contributed by atoms with Gasteiger partial charge in [0.2, 0.25) is 5.91 Å². The van der Waals surface area contributed by atoms with Gasteiger partial charge in [-0.2, -0.15) is 0 Å². The minimum atomic E-state index is 0.0210. The van der Waals surface area contributed by atoms with Gasteiger partial charge in [0.25, 0.3) is 5.91 Å². The van der Waals surface area contributed by atoms with E-state index in [2.05, 4.69) is 15.9 Å². The average molecular weight is 489 g/mol. The van der Waals surface area contributed by atoms with Gasteiger partial charge in [0.15, 0.2) is 0 Å². The van der Waals surface area contributed by atoms with E-state index in [1.165, 1.54) is 32.1 Å². The molecule has 2 unspecified atom stereocenters. The zero-order valence-electron chi connectivity index (χ0n) is 18.7. The molecule has 31 heavy (non-hydrogen) atoms. The van der Waals surface area contributed by atoms with Crippen molar-refractivity contribution in [3.63, 3.8) is 0 Å². The Kier molecular flexibility index (Phi) is 5.35. The van der Waals surface area contributed by atoms with Crippen LogP contribution in [0.4, 0.5) is 0 Å². The molecule has 5 nitrogen and oxygen atoms in total. The number of methoxy groups -OCH3 is 1. The van der Waals surface area contributed by atoms with E-state index < -0.39 is 0 Å². The zero-order chi connectivity index (χ0) is 21.8. The maximum absolute atomic E-state index is 13.2. The van der Waals surface area contributed by atoms with Crippen LogP contribution < -0.4 is 4.74 Å². The second-order valence-electron chi connectivity index (χ2n) is 10.6. The fourth-order valence-corrected chi connectivity index (χ4v) is 8.78. The first-order valence-corrected chi connectivity index (χ1v) is 12.5. The highest BCUT2D eigenvalue weighted by atomic mass is 79.9. The molecule has 5 fully saturated rings. The molecule has 2 atom stereocenters. The second kappa shape index (κ2) is 7.79. The van der Waals surface area contributed by atoms with E-state index in [-0.39, 0.29) is 15.6 Å². The lowest BCUT2D eigenvalue weighted by atomic mass is 9.48. The van der Waals surface area contributed by atoms with Crippen LogP contribution in [0.3, 0.4) is 0 Å². The number of carbonyl (C=O) groups is 2. The highest BCUT2D eigenvalue weighted by Gasteiger charge is 2.57. The van der Waals surface area contributed by atoms with Crippen molar-refractivity contribution >= 4 is 27.7 Å². The Bertz CT molecular complexity index is 879. The maximum Gasteiger partial charge on any atom is 0.254 e. The van der Waals surface area contributed by atoms with Gasteiger partial charge < -0.3 is 14.5 Å². The summed E-state index contributed by atoms with van der Waals surface area (Å²) in [7, 11) is 1.63. The number of alkyl halides is 1. The molecule has 4 bridgehead atoms. The van der Waals surface area contributed by atoms with Gasteiger partial charge in [0.1, 0.15) is 5.75 Å². The molecule has 1 saturated heterocycles. The first kappa shape index (κ1) is 21.3. The van der Waals surface area contributed by atoms with Crippen molar-refractivity contribution in [2.45, 2.75) is 56.2 Å². The number of piperazine rings is 1. The molecular weight excluding hydrogens is 456 g/mol. The van der Waals surface area contributed by atoms with Gasteiger partial charge in [-0.1, -0.05) is 22.0 Å². The summed E-state index contributed by atoms with van der Waals surface area (Å²) >= 11 is 4.06. The van der Waals surface area contributed by atoms with Crippen LogP contribution in [0.1, 0.15) is 60.9 Å². The lowest BCUT2D eigenvalue weighted by Crippen LogP contribution is -2.55. The second-order valence-corrected chi connectivity index (χ2v) is 12.3. The third kappa shape index (κ3) is 4.01. The topological polar surface area (TPSA) is 49.9 Å². The van der Waals surface area contributed by atoms with Crippen molar-refractivity contribution in [3.8, 4) is 5.75 Å². The third-order valence-corrected chi connectivity index (χ3v) is 9.14. The van der Waals surface area contributed by atoms with Crippen molar-refractivity contribution in [3.05, 3.63) is 29.3 Å². The van der Waals surface area contributed by atoms with E-state index in [9.17, 15) is 9.59 Å². The Morgan fingerprint density at radius 3 is 2.32 bits per heavy atom. The molecule has 1 heterocycles. The van der Waals surface area contributed by atoms with Crippen molar-refractivity contribution < 1.29 is 14.3 Å². The fourth-order valence-electron chi connectivity index (χ4n) is 7.27. The predicted octanol–water partition coefficient (Wildman–Crippen LogP) is 4.41. The molecule has 1 aliphatic heterocycles. The van der Waals surface area contributed by atoms with E-state index in [0.29, 0.717) is 44.1 Å². The summed E-state index contributed by atoms with van der Waals surface area (Å²) in [6.45, 7) is 4.44. The van der Waals surface area contributed by atoms with Gasteiger partial charge in [-0.15, -0.1) is 0 Å². The van der Waals surface area contributed by atoms with Crippen molar-refractivity contribution in [2.24, 2.45) is 17.3 Å². The van der Waals surface area contributed by atoms with Crippen LogP contribution in [0, 0.1) is 24.2 Å². The molecule has 4 aliphatic carbocycles. The highest BCUT2D eigenvalue weighted by molar-refractivity contribution is 9.10. The van der Waals surface area contributed by atoms with Crippen LogP contribution in [0.2, 0.25) is 0 Å². The van der Waals surface area contributed by atoms with Crippen LogP contribution in [0.5, 0.6) is 5.75 Å². The molecule has 0 aromatic heterocycles. The fraction of sp³-hybridized carbons (Fsp3) is 0.680. The Hall–Kier alpha value is -1.56. The monoisotopic (exact) mass is 488 g/mol. The smallest absolute Gasteiger partial charge is 0.254 e. The van der Waals surface area contributed by atoms with E-state index in [1.807, 2.05) is 34.9 Å². The van der Waals surface area contributed by atoms with Crippen LogP contribution >= 0.6 is 15.9 Å². The van der Waals surface area contributed by atoms with Crippen molar-refractivity contribution in [2.75, 3.05) is 33.3 Å². The number of hydrogen-bond donors (Lipinski definition) is 0. The molecule has 6 heteroatoms. The largest absolute Gasteiger partial charge is 0.496 e. The SMILES string of the molecule is COc1cc(C(=O)N2CCN(C(=O)CC34CC5CC(CC(Br)(C5)C3)C4)CC2)ccc1C. The molecule has 4 saturated carbocycles. The zero-order valence-corrected chi connectivity index (χ0v) is 20.2. The van der Waals surface area contributed by atoms with E-state index in [0.717, 1.165) is 29.6 Å². The lowest BCUT2D eigenvalue weighted by molar-refractivity contribution is -0.139. The number of hydrogen-bond acceptors (Lipinski definition) is 3. The Labute approximate surface area is 193 Å². The number of amides is 2. The minimum absolute atomic E-state index is 0.0210. The quantitative estimate of drug-likeness (QED) is 0.589. The lowest BCUT2D eigenvalue weighted by Gasteiger charge is -2.60. The summed E-state index contributed by atoms with van der Waals surface area (Å²) in [5.41, 5.74) is 1.87. The number of nitrogens with zero attached hydrogens (tertiary/aromatic N) is 2. The summed E-state index contributed by atoms with van der Waals surface area (Å²) in [6.07, 6.45) is 8.28. The van der Waals surface area contributed by atoms with Gasteiger partial charge in [0, 0.05) is 42.5 Å². The average Bonchev–Trinajstić information content (AvgIpc) is 2.71. The number of carbonyl (C=O) groups excluding carboxylic acids is 2. The first-order valence-electron chi connectivity index (χ1n) is 11.7. The molecule has 1 aromatic rings. The highest BCUT2D eigenvalue weighted by Crippen LogP contribution is 2.65. The number of rotatable bonds is 4. The number of aryl methyl sites for hydroxylation is 1. The van der Waals surface area contributed by atoms with Gasteiger partial charge in [-0.3, -0.25) is 9.59 Å². The molecule has 0 N–H and O–H groups in total. The van der Waals surface area contributed by atoms with E-state index >= 15 is 0 Å². The first-order chi connectivity index (χ1) is 14.8. The molecule has 6 rings (SSSR count). The Morgan fingerprint density at radius 2 is 1.71 bits per heavy atom. The summed E-state index contributed by atoms with van der Waals surface area (Å²) in [6, 6.07) is 5.60. The standard InChI is InChI=1S/C25H33BrN2O3/c1-17-3-4-20(10-21(17)31-2)23(30)28-7-5-27(6-8-28)22(29)15-24-11-18-9-19(12-24)14-25(26,13-18)16-24/h3-4,10,18-19H,5-9,11-16H2,1-2H3. The molecule has 168 valence electrons. The normalized spacial score (nSPS) is 34.2. The molecule has 2 amide bonds. The molecule has 5 aliphatic rings. The van der Waals surface area contributed by atoms with Crippen molar-refractivity contribution in [1.82, 2.24) is 9.80 Å². The predicted molar refractivity (Wildman–Crippen MR) is 124 cm³/mol. The Morgan fingerprint density at radius 1 is 1.06 bits per heavy atom. The molecular formula is C25H33BrN2O3. The van der Waals surface area contributed by atoms with Crippen LogP contribution in [0.25, 0.3) is 0 Å². The van der Waals surface area contributed by atoms with Gasteiger partial charge >= 0.3 is 0 Å². The summed E-state index contributed by atoms with van der Waals surface area (Å²) in [5.74, 6) is 2.65. The van der Waals surface area contributed by atoms with E-state index in [1.54, 1.807) is 7.11 Å². The van der Waals surface area contributed by atoms with Gasteiger partial charge in [0.05, 0.1) is 7.11 Å². The van der Waals surface area contributed by atoms with Crippen LogP contribution in [0.15, 0.2) is 18.2 Å². The third-order valence-electron chi connectivity index (χ3n) is 8.21. The number of benzene rings is 1. The summed E-state index contributed by atoms with van der Waals surface area (Å²) in [5, 5.41) is 0. The van der Waals surface area contributed by atoms with Gasteiger partial charge in [-0.05, 0) is 80.4 Å². The molecule has 0 radical (unpaired) electrons. The summed E-state index contributed by atoms with van der Waals surface area (Å²) < 4.78 is 5.66. The summed E-state index contributed by atoms with van der Waals surface area (Å²) in [4.78, 5) is 30.1. The minimum Gasteiger partial charge on any atom is -0.496 e. The molecule has 0 spiro atoms. The van der Waals surface area contributed by atoms with Gasteiger partial charge in [-0.25, -0.2) is 0 Å². The number of ether oxygens (including phenoxy) is 1. The van der Waals surface area contributed by atoms with E-state index in [4.69, 9.17) is 4.74 Å². The Balaban J connectivity index is 1.19. The molecule has 1 aromatic carbocycles. The number of halogens is 1. The van der Waals surface area contributed by atoms with Crippen molar-refractivity contribution in [1.29, 1.82) is 0 Å². The van der Waals surface area contributed by atoms with Crippen LogP contribution in [-0.2, 0) is 4.79 Å².